The maximum absolute atomic E-state index is 11.0. The van der Waals surface area contributed by atoms with E-state index in [0.29, 0.717) is 0 Å². The predicted molar refractivity (Wildman–Crippen MR) is 65.2 cm³/mol. The third-order valence-corrected chi connectivity index (χ3v) is 2.02. The van der Waals surface area contributed by atoms with Gasteiger partial charge in [0.2, 0.25) is 0 Å². The fourth-order valence-corrected chi connectivity index (χ4v) is 1.20. The number of nitrogens with two attached hydrogens (primary N) is 1. The number of benzene rings is 1. The fraction of sp³-hybridized carbons (Fsp3) is 0. The van der Waals surface area contributed by atoms with E-state index >= 15 is 0 Å². The summed E-state index contributed by atoms with van der Waals surface area (Å²) in [5.74, 6) is -0.962. The molecule has 8 nitrogen and oxygen atoms in total. The summed E-state index contributed by atoms with van der Waals surface area (Å²) in [7, 11) is 0. The van der Waals surface area contributed by atoms with Crippen LogP contribution in [-0.4, -0.2) is 28.4 Å². The number of carbonyl (C=O) groups is 3. The number of hydrogen-bond donors (Lipinski definition) is 3. The van der Waals surface area contributed by atoms with E-state index in [9.17, 15) is 14.4 Å². The molecule has 0 aromatic heterocycles. The van der Waals surface area contributed by atoms with Crippen molar-refractivity contribution in [2.75, 3.05) is 10.6 Å². The summed E-state index contributed by atoms with van der Waals surface area (Å²) in [6.45, 7) is 3.19. The topological polar surface area (TPSA) is 130 Å². The Hall–Kier alpha value is -3.03. The lowest BCUT2D eigenvalue weighted by Crippen LogP contribution is -2.34. The summed E-state index contributed by atoms with van der Waals surface area (Å²) in [6.07, 6.45) is -2.50. The molecule has 1 aromatic rings. The number of amides is 2. The monoisotopic (exact) mass is 266 g/mol. The van der Waals surface area contributed by atoms with Gasteiger partial charge in [0, 0.05) is 12.1 Å². The summed E-state index contributed by atoms with van der Waals surface area (Å²) in [6, 6.07) is 3.42. The van der Waals surface area contributed by atoms with Crippen molar-refractivity contribution in [3.05, 3.63) is 30.9 Å². The number of carbonyl (C=O) groups excluding carboxylic acids is 1. The van der Waals surface area contributed by atoms with Gasteiger partial charge >= 0.3 is 18.2 Å². The van der Waals surface area contributed by atoms with E-state index in [4.69, 9.17) is 20.7 Å². The first-order chi connectivity index (χ1) is 8.86. The summed E-state index contributed by atoms with van der Waals surface area (Å²) in [5, 5.41) is 17.6. The highest BCUT2D eigenvalue weighted by atomic mass is 16.5. The molecule has 0 aliphatic rings. The molecule has 1 aromatic carbocycles. The molecule has 0 atom stereocenters. The highest BCUT2D eigenvalue weighted by molar-refractivity contribution is 6.08. The van der Waals surface area contributed by atoms with E-state index in [1.165, 1.54) is 12.1 Å². The van der Waals surface area contributed by atoms with E-state index < -0.39 is 18.2 Å². The van der Waals surface area contributed by atoms with Crippen LogP contribution in [0.3, 0.4) is 0 Å². The van der Waals surface area contributed by atoms with Gasteiger partial charge in [-0.2, -0.15) is 4.90 Å². The standard InChI is InChI=1S/C11H10N2O6/c1-2-9(14)19-8-5-6(3-4-7(8)12)13(10(15)16)11(17)18/h2-5H,1,12H2,(H,15,16)(H,17,18). The predicted octanol–water partition coefficient (Wildman–Crippen LogP) is 1.52. The van der Waals surface area contributed by atoms with Gasteiger partial charge in [-0.3, -0.25) is 0 Å². The first kappa shape index (κ1) is 14.0. The van der Waals surface area contributed by atoms with Gasteiger partial charge in [-0.05, 0) is 12.1 Å². The normalized spacial score (nSPS) is 9.47. The van der Waals surface area contributed by atoms with Gasteiger partial charge in [0.1, 0.15) is 0 Å². The van der Waals surface area contributed by atoms with Crippen LogP contribution in [0.5, 0.6) is 5.75 Å². The zero-order valence-electron chi connectivity index (χ0n) is 9.57. The Morgan fingerprint density at radius 3 is 2.32 bits per heavy atom. The highest BCUT2D eigenvalue weighted by Crippen LogP contribution is 2.28. The molecule has 1 rings (SSSR count). The molecule has 0 fully saturated rings. The number of carboxylic acid groups (broad SMARTS) is 2. The van der Waals surface area contributed by atoms with Crippen LogP contribution < -0.4 is 15.4 Å². The smallest absolute Gasteiger partial charge is 0.421 e. The number of nitrogen functional groups attached to an aromatic ring is 1. The highest BCUT2D eigenvalue weighted by Gasteiger charge is 2.23. The lowest BCUT2D eigenvalue weighted by Gasteiger charge is -2.15. The van der Waals surface area contributed by atoms with Gasteiger partial charge < -0.3 is 20.7 Å². The van der Waals surface area contributed by atoms with Crippen LogP contribution in [0.2, 0.25) is 0 Å². The maximum atomic E-state index is 11.0. The molecule has 8 heteroatoms. The first-order valence-electron chi connectivity index (χ1n) is 4.86. The molecule has 0 radical (unpaired) electrons. The zero-order chi connectivity index (χ0) is 14.6. The SMILES string of the molecule is C=CC(=O)Oc1cc(N(C(=O)O)C(=O)O)ccc1N. The molecule has 0 heterocycles. The van der Waals surface area contributed by atoms with Gasteiger partial charge in [0.25, 0.3) is 0 Å². The summed E-state index contributed by atoms with van der Waals surface area (Å²) >= 11 is 0. The molecule has 0 saturated carbocycles. The zero-order valence-corrected chi connectivity index (χ0v) is 9.57. The average Bonchev–Trinajstić information content (AvgIpc) is 2.32. The third kappa shape index (κ3) is 3.22. The van der Waals surface area contributed by atoms with E-state index in [-0.39, 0.29) is 22.0 Å². The summed E-state index contributed by atoms with van der Waals surface area (Å²) < 4.78 is 4.75. The van der Waals surface area contributed by atoms with E-state index in [1.54, 1.807) is 0 Å². The van der Waals surface area contributed by atoms with Gasteiger partial charge in [0.05, 0.1) is 11.4 Å². The number of ether oxygens (including phenoxy) is 1. The Morgan fingerprint density at radius 1 is 1.26 bits per heavy atom. The largest absolute Gasteiger partial charge is 0.464 e. The molecule has 0 bridgehead atoms. The lowest BCUT2D eigenvalue weighted by atomic mass is 10.2. The molecule has 0 unspecified atom stereocenters. The van der Waals surface area contributed by atoms with Crippen LogP contribution in [0.4, 0.5) is 21.0 Å². The number of nitrogens with zero attached hydrogens (tertiary/aromatic N) is 1. The number of rotatable bonds is 3. The van der Waals surface area contributed by atoms with Crippen LogP contribution in [0.15, 0.2) is 30.9 Å². The van der Waals surface area contributed by atoms with Crippen molar-refractivity contribution in [2.24, 2.45) is 0 Å². The van der Waals surface area contributed by atoms with Gasteiger partial charge in [-0.25, -0.2) is 14.4 Å². The van der Waals surface area contributed by atoms with Crippen molar-refractivity contribution in [2.45, 2.75) is 0 Å². The summed E-state index contributed by atoms with van der Waals surface area (Å²) in [4.78, 5) is 32.7. The number of anilines is 2. The fourth-order valence-electron chi connectivity index (χ4n) is 1.20. The lowest BCUT2D eigenvalue weighted by molar-refractivity contribution is -0.128. The van der Waals surface area contributed by atoms with Crippen LogP contribution in [0.1, 0.15) is 0 Å². The molecule has 19 heavy (non-hydrogen) atoms. The minimum atomic E-state index is -1.70. The third-order valence-electron chi connectivity index (χ3n) is 2.02. The molecular formula is C11H10N2O6. The molecule has 0 aliphatic carbocycles. The van der Waals surface area contributed by atoms with Crippen LogP contribution in [-0.2, 0) is 4.79 Å². The van der Waals surface area contributed by atoms with Gasteiger partial charge in [-0.1, -0.05) is 6.58 Å². The summed E-state index contributed by atoms with van der Waals surface area (Å²) in [5.41, 5.74) is 5.35. The molecular weight excluding hydrogens is 256 g/mol. The maximum Gasteiger partial charge on any atom is 0.421 e. The van der Waals surface area contributed by atoms with Crippen molar-refractivity contribution in [3.63, 3.8) is 0 Å². The van der Waals surface area contributed by atoms with Gasteiger partial charge in [0.15, 0.2) is 5.75 Å². The number of esters is 1. The Morgan fingerprint density at radius 2 is 1.84 bits per heavy atom. The first-order valence-corrected chi connectivity index (χ1v) is 4.86. The molecule has 4 N–H and O–H groups in total. The van der Waals surface area contributed by atoms with Crippen molar-refractivity contribution in [1.29, 1.82) is 0 Å². The van der Waals surface area contributed by atoms with Gasteiger partial charge in [-0.15, -0.1) is 0 Å². The van der Waals surface area contributed by atoms with Crippen molar-refractivity contribution >= 4 is 29.5 Å². The second-order valence-corrected chi connectivity index (χ2v) is 3.25. The molecule has 0 saturated heterocycles. The Labute approximate surface area is 107 Å². The van der Waals surface area contributed by atoms with Crippen molar-refractivity contribution < 1.29 is 29.3 Å². The number of hydrogen-bond acceptors (Lipinski definition) is 5. The van der Waals surface area contributed by atoms with Crippen molar-refractivity contribution in [1.82, 2.24) is 0 Å². The van der Waals surface area contributed by atoms with Crippen LogP contribution in [0.25, 0.3) is 0 Å². The second kappa shape index (κ2) is 5.54. The number of imide groups is 1. The van der Waals surface area contributed by atoms with Crippen LogP contribution >= 0.6 is 0 Å². The Balaban J connectivity index is 3.20. The molecule has 0 spiro atoms. The molecule has 0 aliphatic heterocycles. The second-order valence-electron chi connectivity index (χ2n) is 3.25. The van der Waals surface area contributed by atoms with Crippen molar-refractivity contribution in [3.8, 4) is 5.75 Å². The Bertz CT molecular complexity index is 540. The quantitative estimate of drug-likeness (QED) is 0.327. The average molecular weight is 266 g/mol. The van der Waals surface area contributed by atoms with Crippen LogP contribution in [0, 0.1) is 0 Å². The molecule has 100 valence electrons. The van der Waals surface area contributed by atoms with E-state index in [0.717, 1.165) is 12.1 Å². The minimum Gasteiger partial charge on any atom is -0.464 e. The Kier molecular flexibility index (Phi) is 4.09. The van der Waals surface area contributed by atoms with E-state index in [2.05, 4.69) is 6.58 Å². The van der Waals surface area contributed by atoms with E-state index in [1.807, 2.05) is 0 Å². The molecule has 2 amide bonds. The minimum absolute atomic E-state index is 0.0506.